The molecule has 0 saturated heterocycles. The molecule has 0 unspecified atom stereocenters. The average molecular weight is 355 g/mol. The Balaban J connectivity index is 3.16. The van der Waals surface area contributed by atoms with Crippen LogP contribution < -0.4 is 5.73 Å². The van der Waals surface area contributed by atoms with E-state index < -0.39 is 10.0 Å². The summed E-state index contributed by atoms with van der Waals surface area (Å²) < 4.78 is 31.8. The van der Waals surface area contributed by atoms with Crippen LogP contribution in [-0.4, -0.2) is 39.0 Å². The molecule has 0 fully saturated rings. The molecule has 0 amide bonds. The van der Waals surface area contributed by atoms with Gasteiger partial charge in [-0.25, -0.2) is 8.42 Å². The number of rotatable bonds is 8. The monoisotopic (exact) mass is 354 g/mol. The first kappa shape index (κ1) is 18.7. The third-order valence-electron chi connectivity index (χ3n) is 2.98. The number of sulfonamides is 1. The summed E-state index contributed by atoms with van der Waals surface area (Å²) in [6, 6.07) is 2.85. The van der Waals surface area contributed by atoms with E-state index in [-0.39, 0.29) is 23.0 Å². The van der Waals surface area contributed by atoms with Gasteiger partial charge in [-0.2, -0.15) is 4.31 Å². The molecule has 2 N–H and O–H groups in total. The van der Waals surface area contributed by atoms with Crippen LogP contribution in [0.3, 0.4) is 0 Å². The van der Waals surface area contributed by atoms with E-state index in [0.29, 0.717) is 30.3 Å². The van der Waals surface area contributed by atoms with Crippen molar-refractivity contribution in [1.82, 2.24) is 4.31 Å². The largest absolute Gasteiger partial charge is 0.380 e. The van der Waals surface area contributed by atoms with E-state index in [9.17, 15) is 8.42 Å². The van der Waals surface area contributed by atoms with Crippen molar-refractivity contribution < 1.29 is 13.2 Å². The summed E-state index contributed by atoms with van der Waals surface area (Å²) in [4.78, 5) is 0.0207. The zero-order valence-corrected chi connectivity index (χ0v) is 14.4. The van der Waals surface area contributed by atoms with Crippen LogP contribution in [0.5, 0.6) is 0 Å². The van der Waals surface area contributed by atoms with E-state index in [2.05, 4.69) is 0 Å². The normalized spacial score (nSPS) is 12.1. The number of hydrogen-bond donors (Lipinski definition) is 1. The van der Waals surface area contributed by atoms with Gasteiger partial charge in [0.1, 0.15) is 4.90 Å². The van der Waals surface area contributed by atoms with Crippen LogP contribution in [0.2, 0.25) is 10.0 Å². The lowest BCUT2D eigenvalue weighted by Crippen LogP contribution is -2.34. The van der Waals surface area contributed by atoms with Crippen molar-refractivity contribution in [2.24, 2.45) is 5.73 Å². The van der Waals surface area contributed by atoms with Crippen LogP contribution in [0.15, 0.2) is 17.0 Å². The van der Waals surface area contributed by atoms with Crippen LogP contribution in [0, 0.1) is 0 Å². The molecule has 21 heavy (non-hydrogen) atoms. The van der Waals surface area contributed by atoms with E-state index in [1.54, 1.807) is 6.92 Å². The zero-order chi connectivity index (χ0) is 16.0. The Bertz CT molecular complexity index is 579. The van der Waals surface area contributed by atoms with E-state index in [0.717, 1.165) is 0 Å². The third kappa shape index (κ3) is 4.55. The smallest absolute Gasteiger partial charge is 0.244 e. The molecule has 120 valence electrons. The fraction of sp³-hybridized carbons (Fsp3) is 0.538. The lowest BCUT2D eigenvalue weighted by Gasteiger charge is -2.21. The Morgan fingerprint density at radius 2 is 1.90 bits per heavy atom. The van der Waals surface area contributed by atoms with Gasteiger partial charge in [-0.05, 0) is 24.6 Å². The van der Waals surface area contributed by atoms with Gasteiger partial charge in [0.05, 0.1) is 11.6 Å². The second-order valence-electron chi connectivity index (χ2n) is 4.27. The average Bonchev–Trinajstić information content (AvgIpc) is 2.43. The lowest BCUT2D eigenvalue weighted by molar-refractivity contribution is 0.135. The summed E-state index contributed by atoms with van der Waals surface area (Å²) in [6.45, 7) is 5.22. The summed E-state index contributed by atoms with van der Waals surface area (Å²) in [5.74, 6) is 0. The van der Waals surface area contributed by atoms with E-state index >= 15 is 0 Å². The van der Waals surface area contributed by atoms with E-state index in [1.807, 2.05) is 6.92 Å². The maximum absolute atomic E-state index is 12.7. The van der Waals surface area contributed by atoms with Gasteiger partial charge in [-0.15, -0.1) is 0 Å². The van der Waals surface area contributed by atoms with Gasteiger partial charge in [0, 0.05) is 31.3 Å². The molecule has 1 rings (SSSR count). The van der Waals surface area contributed by atoms with Crippen molar-refractivity contribution in [3.8, 4) is 0 Å². The molecule has 0 atom stereocenters. The van der Waals surface area contributed by atoms with Gasteiger partial charge in [0.15, 0.2) is 0 Å². The maximum Gasteiger partial charge on any atom is 0.244 e. The Morgan fingerprint density at radius 3 is 2.43 bits per heavy atom. The van der Waals surface area contributed by atoms with Crippen LogP contribution in [0.1, 0.15) is 19.4 Å². The molecular formula is C13H20Cl2N2O3S. The molecule has 0 aliphatic heterocycles. The minimum Gasteiger partial charge on any atom is -0.380 e. The molecule has 5 nitrogen and oxygen atoms in total. The fourth-order valence-electron chi connectivity index (χ4n) is 1.82. The number of likely N-dealkylation sites (N-methyl/N-ethyl adjacent to an activating group) is 1. The number of hydrogen-bond acceptors (Lipinski definition) is 4. The van der Waals surface area contributed by atoms with Gasteiger partial charge in [0.25, 0.3) is 0 Å². The second kappa shape index (κ2) is 8.31. The molecule has 0 aromatic heterocycles. The molecule has 8 heteroatoms. The molecule has 0 saturated carbocycles. The van der Waals surface area contributed by atoms with E-state index in [1.165, 1.54) is 16.4 Å². The first-order valence-electron chi connectivity index (χ1n) is 6.64. The molecule has 0 aliphatic rings. The first-order valence-corrected chi connectivity index (χ1v) is 8.83. The highest BCUT2D eigenvalue weighted by Gasteiger charge is 2.26. The molecule has 0 spiro atoms. The lowest BCUT2D eigenvalue weighted by atomic mass is 10.2. The molecule has 1 aromatic carbocycles. The topological polar surface area (TPSA) is 72.6 Å². The molecule has 0 radical (unpaired) electrons. The summed E-state index contributed by atoms with van der Waals surface area (Å²) in [6.07, 6.45) is 0. The Hall–Kier alpha value is -0.370. The predicted molar refractivity (Wildman–Crippen MR) is 85.3 cm³/mol. The highest BCUT2D eigenvalue weighted by molar-refractivity contribution is 7.89. The van der Waals surface area contributed by atoms with Crippen molar-refractivity contribution >= 4 is 33.2 Å². The zero-order valence-electron chi connectivity index (χ0n) is 12.1. The minimum absolute atomic E-state index is 0.0207. The molecule has 1 aromatic rings. The van der Waals surface area contributed by atoms with Crippen molar-refractivity contribution in [3.05, 3.63) is 27.7 Å². The molecular weight excluding hydrogens is 335 g/mol. The quantitative estimate of drug-likeness (QED) is 0.728. The van der Waals surface area contributed by atoms with Gasteiger partial charge >= 0.3 is 0 Å². The number of nitrogens with zero attached hydrogens (tertiary/aromatic N) is 1. The summed E-state index contributed by atoms with van der Waals surface area (Å²) in [7, 11) is -3.70. The van der Waals surface area contributed by atoms with Crippen LogP contribution in [0.25, 0.3) is 0 Å². The SMILES string of the molecule is CCOCCN(CC)S(=O)(=O)c1cc(CN)c(Cl)cc1Cl. The number of nitrogens with two attached hydrogens (primary N) is 1. The van der Waals surface area contributed by atoms with Crippen molar-refractivity contribution in [1.29, 1.82) is 0 Å². The van der Waals surface area contributed by atoms with Crippen molar-refractivity contribution in [2.75, 3.05) is 26.3 Å². The highest BCUT2D eigenvalue weighted by atomic mass is 35.5. The highest BCUT2D eigenvalue weighted by Crippen LogP contribution is 2.30. The van der Waals surface area contributed by atoms with Gasteiger partial charge in [-0.3, -0.25) is 0 Å². The van der Waals surface area contributed by atoms with Crippen molar-refractivity contribution in [3.63, 3.8) is 0 Å². The van der Waals surface area contributed by atoms with Gasteiger partial charge in [0.2, 0.25) is 10.0 Å². The second-order valence-corrected chi connectivity index (χ2v) is 6.99. The minimum atomic E-state index is -3.70. The van der Waals surface area contributed by atoms with Gasteiger partial charge in [-0.1, -0.05) is 30.1 Å². The maximum atomic E-state index is 12.7. The molecule has 0 heterocycles. The Labute approximate surface area is 136 Å². The Kier molecular flexibility index (Phi) is 7.39. The molecule has 0 bridgehead atoms. The number of benzene rings is 1. The van der Waals surface area contributed by atoms with Gasteiger partial charge < -0.3 is 10.5 Å². The predicted octanol–water partition coefficient (Wildman–Crippen LogP) is 2.50. The van der Waals surface area contributed by atoms with Crippen molar-refractivity contribution in [2.45, 2.75) is 25.3 Å². The first-order chi connectivity index (χ1) is 9.88. The summed E-state index contributed by atoms with van der Waals surface area (Å²) >= 11 is 12.0. The van der Waals surface area contributed by atoms with Crippen LogP contribution >= 0.6 is 23.2 Å². The third-order valence-corrected chi connectivity index (χ3v) is 5.77. The number of halogens is 2. The van der Waals surface area contributed by atoms with Crippen LogP contribution in [-0.2, 0) is 21.3 Å². The van der Waals surface area contributed by atoms with E-state index in [4.69, 9.17) is 33.7 Å². The summed E-state index contributed by atoms with van der Waals surface area (Å²) in [5.41, 5.74) is 6.11. The standard InChI is InChI=1S/C13H20Cl2N2O3S/c1-3-17(5-6-20-4-2)21(18,19)13-7-10(9-16)11(14)8-12(13)15/h7-8H,3-6,9,16H2,1-2H3. The van der Waals surface area contributed by atoms with Crippen LogP contribution in [0.4, 0.5) is 0 Å². The summed E-state index contributed by atoms with van der Waals surface area (Å²) in [5, 5.41) is 0.450. The molecule has 0 aliphatic carbocycles. The fourth-order valence-corrected chi connectivity index (χ4v) is 4.11. The number of ether oxygens (including phenoxy) is 1. The Morgan fingerprint density at radius 1 is 1.24 bits per heavy atom.